The highest BCUT2D eigenvalue weighted by Gasteiger charge is 2.23. The molecule has 25 heavy (non-hydrogen) atoms. The van der Waals surface area contributed by atoms with Crippen molar-refractivity contribution in [3.63, 3.8) is 0 Å². The summed E-state index contributed by atoms with van der Waals surface area (Å²) >= 11 is 0. The second kappa shape index (κ2) is 6.46. The molecular formula is C19H22N4O2. The summed E-state index contributed by atoms with van der Waals surface area (Å²) in [5.41, 5.74) is 8.92. The van der Waals surface area contributed by atoms with Crippen LogP contribution in [0.2, 0.25) is 0 Å². The number of nitrogens with zero attached hydrogens (tertiary/aromatic N) is 3. The number of benzene rings is 1. The van der Waals surface area contributed by atoms with Crippen molar-refractivity contribution in [2.75, 3.05) is 25.4 Å². The predicted molar refractivity (Wildman–Crippen MR) is 96.1 cm³/mol. The van der Waals surface area contributed by atoms with Gasteiger partial charge in [-0.15, -0.1) is 0 Å². The van der Waals surface area contributed by atoms with Gasteiger partial charge in [-0.3, -0.25) is 4.90 Å². The van der Waals surface area contributed by atoms with Crippen LogP contribution in [0.5, 0.6) is 0 Å². The summed E-state index contributed by atoms with van der Waals surface area (Å²) in [6.45, 7) is 6.87. The van der Waals surface area contributed by atoms with Crippen LogP contribution in [-0.2, 0) is 11.3 Å². The van der Waals surface area contributed by atoms with E-state index in [0.717, 1.165) is 29.8 Å². The number of nitrogen functional groups attached to an aromatic ring is 1. The lowest BCUT2D eigenvalue weighted by molar-refractivity contribution is -0.0336. The van der Waals surface area contributed by atoms with Gasteiger partial charge in [-0.05, 0) is 19.4 Å². The van der Waals surface area contributed by atoms with Crippen LogP contribution in [-0.4, -0.2) is 34.6 Å². The quantitative estimate of drug-likeness (QED) is 0.791. The van der Waals surface area contributed by atoms with Crippen molar-refractivity contribution in [3.8, 4) is 0 Å². The number of furan rings is 1. The van der Waals surface area contributed by atoms with Gasteiger partial charge >= 0.3 is 0 Å². The molecule has 0 radical (unpaired) electrons. The fourth-order valence-corrected chi connectivity index (χ4v) is 3.31. The lowest BCUT2D eigenvalue weighted by Crippen LogP contribution is -2.38. The van der Waals surface area contributed by atoms with Crippen molar-refractivity contribution in [1.29, 1.82) is 0 Å². The fraction of sp³-hybridized carbons (Fsp3) is 0.368. The largest absolute Gasteiger partial charge is 0.443 e. The van der Waals surface area contributed by atoms with Gasteiger partial charge in [0, 0.05) is 18.7 Å². The van der Waals surface area contributed by atoms with Crippen molar-refractivity contribution in [3.05, 3.63) is 53.0 Å². The monoisotopic (exact) mass is 338 g/mol. The maximum Gasteiger partial charge on any atom is 0.231 e. The number of nitrogens with two attached hydrogens (primary N) is 1. The first-order chi connectivity index (χ1) is 12.1. The minimum atomic E-state index is 0.0733. The Bertz CT molecular complexity index is 891. The number of fused-ring (bicyclic) bond motifs is 1. The molecule has 6 nitrogen and oxygen atoms in total. The molecule has 1 aliphatic rings. The van der Waals surface area contributed by atoms with Gasteiger partial charge in [-0.1, -0.05) is 30.3 Å². The highest BCUT2D eigenvalue weighted by molar-refractivity contribution is 5.88. The summed E-state index contributed by atoms with van der Waals surface area (Å²) in [6.07, 6.45) is 0.0733. The molecule has 2 aromatic heterocycles. The Labute approximate surface area is 146 Å². The molecule has 0 bridgehead atoms. The highest BCUT2D eigenvalue weighted by atomic mass is 16.5. The Morgan fingerprint density at radius 2 is 2.00 bits per heavy atom. The van der Waals surface area contributed by atoms with Crippen LogP contribution in [0, 0.1) is 13.8 Å². The number of ether oxygens (including phenoxy) is 1. The van der Waals surface area contributed by atoms with Crippen molar-refractivity contribution in [1.82, 2.24) is 14.9 Å². The second-order valence-corrected chi connectivity index (χ2v) is 6.49. The Morgan fingerprint density at radius 3 is 2.80 bits per heavy atom. The van der Waals surface area contributed by atoms with Crippen LogP contribution in [0.15, 0.2) is 34.7 Å². The zero-order valence-electron chi connectivity index (χ0n) is 14.5. The molecule has 3 heterocycles. The summed E-state index contributed by atoms with van der Waals surface area (Å²) in [6, 6.07) is 10.3. The van der Waals surface area contributed by atoms with Crippen molar-refractivity contribution >= 4 is 16.9 Å². The van der Waals surface area contributed by atoms with E-state index in [1.807, 2.05) is 32.0 Å². The van der Waals surface area contributed by atoms with Crippen LogP contribution in [0.1, 0.15) is 28.8 Å². The van der Waals surface area contributed by atoms with E-state index in [1.54, 1.807) is 0 Å². The molecule has 0 aliphatic carbocycles. The van der Waals surface area contributed by atoms with E-state index in [2.05, 4.69) is 27.0 Å². The number of aromatic nitrogens is 2. The number of hydrogen-bond acceptors (Lipinski definition) is 6. The smallest absolute Gasteiger partial charge is 0.231 e. The third-order valence-electron chi connectivity index (χ3n) is 4.79. The number of hydrogen-bond donors (Lipinski definition) is 1. The molecule has 0 amide bonds. The Hall–Kier alpha value is -2.44. The third kappa shape index (κ3) is 3.10. The van der Waals surface area contributed by atoms with Gasteiger partial charge in [0.05, 0.1) is 24.6 Å². The van der Waals surface area contributed by atoms with Gasteiger partial charge in [-0.25, -0.2) is 4.98 Å². The fourth-order valence-electron chi connectivity index (χ4n) is 3.31. The van der Waals surface area contributed by atoms with E-state index in [-0.39, 0.29) is 6.10 Å². The summed E-state index contributed by atoms with van der Waals surface area (Å²) in [5, 5.41) is 0.824. The van der Waals surface area contributed by atoms with Crippen LogP contribution >= 0.6 is 0 Å². The van der Waals surface area contributed by atoms with Gasteiger partial charge in [0.1, 0.15) is 17.4 Å². The Kier molecular flexibility index (Phi) is 4.15. The van der Waals surface area contributed by atoms with Gasteiger partial charge in [0.15, 0.2) is 0 Å². The molecule has 1 atom stereocenters. The molecule has 6 heteroatoms. The predicted octanol–water partition coefficient (Wildman–Crippen LogP) is 3.00. The topological polar surface area (TPSA) is 77.4 Å². The first-order valence-corrected chi connectivity index (χ1v) is 8.53. The second-order valence-electron chi connectivity index (χ2n) is 6.49. The Morgan fingerprint density at radius 1 is 1.20 bits per heavy atom. The van der Waals surface area contributed by atoms with E-state index in [0.29, 0.717) is 30.5 Å². The van der Waals surface area contributed by atoms with Gasteiger partial charge < -0.3 is 14.9 Å². The maximum absolute atomic E-state index is 6.14. The molecule has 3 aromatic rings. The lowest BCUT2D eigenvalue weighted by atomic mass is 10.1. The molecule has 0 saturated carbocycles. The average Bonchev–Trinajstić information content (AvgIpc) is 2.90. The highest BCUT2D eigenvalue weighted by Crippen LogP contribution is 2.28. The van der Waals surface area contributed by atoms with Crippen molar-refractivity contribution in [2.45, 2.75) is 26.5 Å². The third-order valence-corrected chi connectivity index (χ3v) is 4.79. The van der Waals surface area contributed by atoms with E-state index in [4.69, 9.17) is 14.9 Å². The first kappa shape index (κ1) is 16.1. The van der Waals surface area contributed by atoms with Crippen molar-refractivity contribution in [2.24, 2.45) is 0 Å². The number of rotatable bonds is 3. The molecule has 130 valence electrons. The lowest BCUT2D eigenvalue weighted by Gasteiger charge is -2.32. The van der Waals surface area contributed by atoms with E-state index in [1.165, 1.54) is 5.56 Å². The molecule has 1 aromatic carbocycles. The first-order valence-electron chi connectivity index (χ1n) is 8.53. The van der Waals surface area contributed by atoms with Crippen LogP contribution in [0.4, 0.5) is 5.82 Å². The Balaban J connectivity index is 1.54. The van der Waals surface area contributed by atoms with Crippen molar-refractivity contribution < 1.29 is 9.15 Å². The normalized spacial score (nSPS) is 18.7. The zero-order valence-corrected chi connectivity index (χ0v) is 14.5. The number of morpholine rings is 1. The molecule has 1 saturated heterocycles. The summed E-state index contributed by atoms with van der Waals surface area (Å²) in [4.78, 5) is 11.4. The van der Waals surface area contributed by atoms with E-state index < -0.39 is 0 Å². The van der Waals surface area contributed by atoms with Crippen LogP contribution < -0.4 is 5.73 Å². The summed E-state index contributed by atoms with van der Waals surface area (Å²) in [7, 11) is 0. The molecule has 1 fully saturated rings. The minimum absolute atomic E-state index is 0.0733. The maximum atomic E-state index is 6.14. The molecule has 4 rings (SSSR count). The van der Waals surface area contributed by atoms with Crippen LogP contribution in [0.25, 0.3) is 11.1 Å². The van der Waals surface area contributed by atoms with Gasteiger partial charge in [-0.2, -0.15) is 4.98 Å². The number of anilines is 1. The zero-order chi connectivity index (χ0) is 17.4. The van der Waals surface area contributed by atoms with Crippen LogP contribution in [0.3, 0.4) is 0 Å². The molecule has 0 spiro atoms. The molecular weight excluding hydrogens is 316 g/mol. The average molecular weight is 338 g/mol. The van der Waals surface area contributed by atoms with Gasteiger partial charge in [0.25, 0.3) is 0 Å². The molecule has 2 N–H and O–H groups in total. The standard InChI is InChI=1S/C19H22N4O2/c1-12-13(2)25-19-17(12)18(20)21-16(22-19)11-23-8-9-24-15(10-23)14-6-4-3-5-7-14/h3-7,15H,8-11H2,1-2H3,(H2,20,21,22)/t15-/m1/s1. The van der Waals surface area contributed by atoms with Gasteiger partial charge in [0.2, 0.25) is 5.71 Å². The minimum Gasteiger partial charge on any atom is -0.443 e. The molecule has 1 aliphatic heterocycles. The van der Waals surface area contributed by atoms with E-state index in [9.17, 15) is 0 Å². The molecule has 0 unspecified atom stereocenters. The summed E-state index contributed by atoms with van der Waals surface area (Å²) in [5.74, 6) is 2.01. The number of aryl methyl sites for hydroxylation is 2. The van der Waals surface area contributed by atoms with E-state index >= 15 is 0 Å². The summed E-state index contributed by atoms with van der Waals surface area (Å²) < 4.78 is 11.6. The SMILES string of the molecule is Cc1oc2nc(CN3CCO[C@@H](c4ccccc4)C3)nc(N)c2c1C.